The molecule has 1 aliphatic heterocycles. The zero-order chi connectivity index (χ0) is 14.7. The van der Waals surface area contributed by atoms with Crippen LogP contribution in [0.2, 0.25) is 0 Å². The standard InChI is InChI=1S/C16H21N3OS/c1-12-10-17-16(18-12)13-4-2-8-19(11-13)15(20)7-6-14-5-3-9-21-14/h3,5,9-10,13H,2,4,6-8,11H2,1H3,(H,17,18)/t13-/m1/s1. The predicted octanol–water partition coefficient (Wildman–Crippen LogP) is 3.12. The Labute approximate surface area is 129 Å². The maximum atomic E-state index is 12.4. The Morgan fingerprint density at radius 2 is 2.48 bits per heavy atom. The molecule has 0 spiro atoms. The number of thiophene rings is 1. The maximum absolute atomic E-state index is 12.4. The highest BCUT2D eigenvalue weighted by Crippen LogP contribution is 2.25. The van der Waals surface area contributed by atoms with Crippen LogP contribution in [0, 0.1) is 6.92 Å². The minimum Gasteiger partial charge on any atom is -0.346 e. The van der Waals surface area contributed by atoms with Crippen molar-refractivity contribution in [1.82, 2.24) is 14.9 Å². The van der Waals surface area contributed by atoms with E-state index in [9.17, 15) is 4.79 Å². The van der Waals surface area contributed by atoms with Gasteiger partial charge in [-0.15, -0.1) is 11.3 Å². The van der Waals surface area contributed by atoms with Crippen molar-refractivity contribution in [3.05, 3.63) is 40.1 Å². The summed E-state index contributed by atoms with van der Waals surface area (Å²) in [7, 11) is 0. The summed E-state index contributed by atoms with van der Waals surface area (Å²) in [5.41, 5.74) is 1.09. The number of imidazole rings is 1. The zero-order valence-corrected chi connectivity index (χ0v) is 13.2. The molecule has 0 saturated carbocycles. The Bertz CT molecular complexity index is 590. The first kappa shape index (κ1) is 14.3. The Morgan fingerprint density at radius 1 is 1.57 bits per heavy atom. The fourth-order valence-corrected chi connectivity index (χ4v) is 3.62. The number of amides is 1. The van der Waals surface area contributed by atoms with Gasteiger partial charge in [-0.3, -0.25) is 4.79 Å². The van der Waals surface area contributed by atoms with Gasteiger partial charge in [-0.2, -0.15) is 0 Å². The summed E-state index contributed by atoms with van der Waals surface area (Å²) in [5.74, 6) is 1.66. The quantitative estimate of drug-likeness (QED) is 0.943. The summed E-state index contributed by atoms with van der Waals surface area (Å²) in [6.45, 7) is 3.71. The van der Waals surface area contributed by atoms with Gasteiger partial charge in [0.25, 0.3) is 0 Å². The van der Waals surface area contributed by atoms with Gasteiger partial charge in [0, 0.05) is 42.2 Å². The minimum atomic E-state index is 0.274. The van der Waals surface area contributed by atoms with Crippen LogP contribution in [0.5, 0.6) is 0 Å². The average Bonchev–Trinajstić information content (AvgIpc) is 3.16. The van der Waals surface area contributed by atoms with E-state index >= 15 is 0 Å². The molecule has 0 radical (unpaired) electrons. The minimum absolute atomic E-state index is 0.274. The summed E-state index contributed by atoms with van der Waals surface area (Å²) in [6.07, 6.45) is 5.52. The van der Waals surface area contributed by atoms with Crippen LogP contribution in [0.25, 0.3) is 0 Å². The largest absolute Gasteiger partial charge is 0.346 e. The number of hydrogen-bond acceptors (Lipinski definition) is 3. The van der Waals surface area contributed by atoms with Crippen LogP contribution in [-0.4, -0.2) is 33.9 Å². The summed E-state index contributed by atoms with van der Waals surface area (Å²) in [6, 6.07) is 4.14. The molecule has 1 amide bonds. The molecule has 21 heavy (non-hydrogen) atoms. The number of nitrogens with zero attached hydrogens (tertiary/aromatic N) is 2. The number of carbonyl (C=O) groups is 1. The average molecular weight is 303 g/mol. The van der Waals surface area contributed by atoms with Crippen molar-refractivity contribution in [2.75, 3.05) is 13.1 Å². The first-order chi connectivity index (χ1) is 10.2. The number of carbonyl (C=O) groups excluding carboxylic acids is 1. The number of aryl methyl sites for hydroxylation is 2. The van der Waals surface area contributed by atoms with Gasteiger partial charge in [0.15, 0.2) is 0 Å². The van der Waals surface area contributed by atoms with Crippen molar-refractivity contribution >= 4 is 17.2 Å². The molecule has 1 N–H and O–H groups in total. The molecular formula is C16H21N3OS. The number of aromatic amines is 1. The Balaban J connectivity index is 1.56. The Hall–Kier alpha value is -1.62. The van der Waals surface area contributed by atoms with Crippen LogP contribution in [0.1, 0.15) is 41.6 Å². The highest BCUT2D eigenvalue weighted by molar-refractivity contribution is 7.09. The SMILES string of the molecule is Cc1cnc([C@@H]2CCCN(C(=O)CCc3cccs3)C2)[nH]1. The second-order valence-corrected chi connectivity index (χ2v) is 6.74. The monoisotopic (exact) mass is 303 g/mol. The van der Waals surface area contributed by atoms with Crippen molar-refractivity contribution < 1.29 is 4.79 Å². The van der Waals surface area contributed by atoms with Crippen LogP contribution in [0.15, 0.2) is 23.7 Å². The number of nitrogens with one attached hydrogen (secondary N) is 1. The van der Waals surface area contributed by atoms with Crippen molar-refractivity contribution in [1.29, 1.82) is 0 Å². The van der Waals surface area contributed by atoms with Crippen molar-refractivity contribution in [3.63, 3.8) is 0 Å². The van der Waals surface area contributed by atoms with Crippen LogP contribution in [0.4, 0.5) is 0 Å². The highest BCUT2D eigenvalue weighted by atomic mass is 32.1. The molecule has 0 aromatic carbocycles. The van der Waals surface area contributed by atoms with Gasteiger partial charge in [0.2, 0.25) is 5.91 Å². The molecule has 1 saturated heterocycles. The molecular weight excluding hydrogens is 282 g/mol. The topological polar surface area (TPSA) is 49.0 Å². The first-order valence-corrected chi connectivity index (χ1v) is 8.42. The van der Waals surface area contributed by atoms with E-state index in [-0.39, 0.29) is 5.91 Å². The summed E-state index contributed by atoms with van der Waals surface area (Å²) in [5, 5.41) is 2.07. The van der Waals surface area contributed by atoms with Crippen LogP contribution < -0.4 is 0 Å². The van der Waals surface area contributed by atoms with Gasteiger partial charge in [-0.25, -0.2) is 4.98 Å². The third kappa shape index (κ3) is 3.53. The third-order valence-corrected chi connectivity index (χ3v) is 4.98. The smallest absolute Gasteiger partial charge is 0.222 e. The lowest BCUT2D eigenvalue weighted by molar-refractivity contribution is -0.132. The molecule has 1 aliphatic rings. The van der Waals surface area contributed by atoms with E-state index in [0.717, 1.165) is 43.9 Å². The van der Waals surface area contributed by atoms with Crippen LogP contribution >= 0.6 is 11.3 Å². The second-order valence-electron chi connectivity index (χ2n) is 5.71. The molecule has 0 unspecified atom stereocenters. The van der Waals surface area contributed by atoms with E-state index in [1.165, 1.54) is 4.88 Å². The molecule has 1 fully saturated rings. The fourth-order valence-electron chi connectivity index (χ4n) is 2.91. The van der Waals surface area contributed by atoms with E-state index in [1.807, 2.05) is 24.1 Å². The molecule has 3 heterocycles. The summed E-state index contributed by atoms with van der Waals surface area (Å²) in [4.78, 5) is 23.4. The van der Waals surface area contributed by atoms with Crippen LogP contribution in [0.3, 0.4) is 0 Å². The van der Waals surface area contributed by atoms with Crippen molar-refractivity contribution in [2.45, 2.75) is 38.5 Å². The van der Waals surface area contributed by atoms with Gasteiger partial charge in [0.05, 0.1) is 0 Å². The molecule has 1 atom stereocenters. The van der Waals surface area contributed by atoms with E-state index in [1.54, 1.807) is 11.3 Å². The zero-order valence-electron chi connectivity index (χ0n) is 12.3. The lowest BCUT2D eigenvalue weighted by Crippen LogP contribution is -2.39. The van der Waals surface area contributed by atoms with E-state index in [0.29, 0.717) is 12.3 Å². The predicted molar refractivity (Wildman–Crippen MR) is 84.5 cm³/mol. The molecule has 2 aromatic rings. The molecule has 0 bridgehead atoms. The fraction of sp³-hybridized carbons (Fsp3) is 0.500. The number of rotatable bonds is 4. The Morgan fingerprint density at radius 3 is 3.19 bits per heavy atom. The summed E-state index contributed by atoms with van der Waals surface area (Å²) >= 11 is 1.73. The van der Waals surface area contributed by atoms with E-state index in [2.05, 4.69) is 21.4 Å². The second kappa shape index (κ2) is 6.43. The number of piperidine rings is 1. The maximum Gasteiger partial charge on any atom is 0.222 e. The molecule has 3 rings (SSSR count). The van der Waals surface area contributed by atoms with Gasteiger partial charge in [-0.1, -0.05) is 6.07 Å². The van der Waals surface area contributed by atoms with Gasteiger partial charge in [0.1, 0.15) is 5.82 Å². The first-order valence-electron chi connectivity index (χ1n) is 7.54. The van der Waals surface area contributed by atoms with E-state index < -0.39 is 0 Å². The highest BCUT2D eigenvalue weighted by Gasteiger charge is 2.26. The number of H-pyrrole nitrogens is 1. The molecule has 5 heteroatoms. The van der Waals surface area contributed by atoms with Crippen molar-refractivity contribution in [2.24, 2.45) is 0 Å². The molecule has 2 aromatic heterocycles. The normalized spacial score (nSPS) is 18.9. The van der Waals surface area contributed by atoms with Gasteiger partial charge < -0.3 is 9.88 Å². The van der Waals surface area contributed by atoms with Gasteiger partial charge >= 0.3 is 0 Å². The number of likely N-dealkylation sites (tertiary alicyclic amines) is 1. The lowest BCUT2D eigenvalue weighted by Gasteiger charge is -2.32. The van der Waals surface area contributed by atoms with Crippen LogP contribution in [-0.2, 0) is 11.2 Å². The lowest BCUT2D eigenvalue weighted by atomic mass is 9.97. The summed E-state index contributed by atoms with van der Waals surface area (Å²) < 4.78 is 0. The molecule has 4 nitrogen and oxygen atoms in total. The van der Waals surface area contributed by atoms with Crippen molar-refractivity contribution in [3.8, 4) is 0 Å². The third-order valence-electron chi connectivity index (χ3n) is 4.05. The number of aromatic nitrogens is 2. The molecule has 0 aliphatic carbocycles. The Kier molecular flexibility index (Phi) is 4.39. The van der Waals surface area contributed by atoms with Gasteiger partial charge in [-0.05, 0) is 37.6 Å². The molecule has 112 valence electrons. The van der Waals surface area contributed by atoms with E-state index in [4.69, 9.17) is 0 Å². The number of hydrogen-bond donors (Lipinski definition) is 1.